The van der Waals surface area contributed by atoms with Crippen molar-refractivity contribution in [3.05, 3.63) is 129 Å². The number of hydrogen-bond acceptors (Lipinski definition) is 4. The van der Waals surface area contributed by atoms with E-state index in [-0.39, 0.29) is 16.9 Å². The van der Waals surface area contributed by atoms with Crippen LogP contribution in [0.4, 0.5) is 11.4 Å². The van der Waals surface area contributed by atoms with E-state index >= 15 is 0 Å². The molecule has 1 atom stereocenters. The topological polar surface area (TPSA) is 87.3 Å². The molecule has 3 amide bonds. The highest BCUT2D eigenvalue weighted by Crippen LogP contribution is 2.30. The van der Waals surface area contributed by atoms with Gasteiger partial charge in [0.1, 0.15) is 5.70 Å². The van der Waals surface area contributed by atoms with Gasteiger partial charge in [0.25, 0.3) is 11.8 Å². The maximum atomic E-state index is 13.5. The standard InChI is InChI=1S/C32H26Cl3N3O3S/c1-2-29(32(41)36-22-16-14-21(33)15-17-22)42-24-11-6-10-23(18-24)37-31(40)28(19-25-26(34)12-7-13-27(25)35)38-30(39)20-8-4-3-5-9-20/h3-19,29H,2H2,1H3,(H,36,41)(H,37,40)(H,38,39)/b28-19+. The van der Waals surface area contributed by atoms with E-state index in [2.05, 4.69) is 16.0 Å². The summed E-state index contributed by atoms with van der Waals surface area (Å²) in [6, 6.07) is 27.5. The number of carbonyl (C=O) groups excluding carboxylic acids is 3. The van der Waals surface area contributed by atoms with E-state index in [1.807, 2.05) is 13.0 Å². The van der Waals surface area contributed by atoms with Gasteiger partial charge >= 0.3 is 0 Å². The van der Waals surface area contributed by atoms with Crippen LogP contribution in [0.25, 0.3) is 6.08 Å². The molecule has 10 heteroatoms. The fraction of sp³-hybridized carbons (Fsp3) is 0.0938. The summed E-state index contributed by atoms with van der Waals surface area (Å²) >= 11 is 20.0. The van der Waals surface area contributed by atoms with E-state index in [0.717, 1.165) is 4.90 Å². The Hall–Kier alpha value is -3.75. The number of carbonyl (C=O) groups is 3. The summed E-state index contributed by atoms with van der Waals surface area (Å²) in [6.45, 7) is 1.93. The molecule has 0 spiro atoms. The monoisotopic (exact) mass is 637 g/mol. The van der Waals surface area contributed by atoms with Gasteiger partial charge in [0, 0.05) is 42.5 Å². The second-order valence-electron chi connectivity index (χ2n) is 9.01. The lowest BCUT2D eigenvalue weighted by molar-refractivity contribution is -0.116. The molecule has 0 fully saturated rings. The summed E-state index contributed by atoms with van der Waals surface area (Å²) in [7, 11) is 0. The molecule has 3 N–H and O–H groups in total. The van der Waals surface area contributed by atoms with E-state index in [9.17, 15) is 14.4 Å². The molecule has 0 saturated heterocycles. The third-order valence-corrected chi connectivity index (χ3v) is 8.23. The quantitative estimate of drug-likeness (QED) is 0.120. The minimum Gasteiger partial charge on any atom is -0.325 e. The fourth-order valence-electron chi connectivity index (χ4n) is 3.82. The molecule has 0 heterocycles. The first-order chi connectivity index (χ1) is 20.2. The summed E-state index contributed by atoms with van der Waals surface area (Å²) in [4.78, 5) is 40.1. The zero-order valence-electron chi connectivity index (χ0n) is 22.4. The number of amides is 3. The van der Waals surface area contributed by atoms with Crippen molar-refractivity contribution >= 4 is 81.7 Å². The maximum absolute atomic E-state index is 13.5. The first-order valence-electron chi connectivity index (χ1n) is 12.9. The van der Waals surface area contributed by atoms with E-state index in [0.29, 0.717) is 44.0 Å². The highest BCUT2D eigenvalue weighted by atomic mass is 35.5. The minimum atomic E-state index is -0.579. The van der Waals surface area contributed by atoms with E-state index in [1.54, 1.807) is 91.0 Å². The molecule has 4 rings (SSSR count). The first-order valence-corrected chi connectivity index (χ1v) is 14.9. The van der Waals surface area contributed by atoms with Gasteiger partial charge in [-0.2, -0.15) is 0 Å². The molecule has 0 aromatic heterocycles. The molecule has 6 nitrogen and oxygen atoms in total. The van der Waals surface area contributed by atoms with Crippen molar-refractivity contribution in [2.45, 2.75) is 23.5 Å². The molecular formula is C32H26Cl3N3O3S. The van der Waals surface area contributed by atoms with Crippen molar-refractivity contribution in [1.82, 2.24) is 5.32 Å². The average molecular weight is 639 g/mol. The predicted molar refractivity (Wildman–Crippen MR) is 173 cm³/mol. The van der Waals surface area contributed by atoms with Crippen molar-refractivity contribution in [3.63, 3.8) is 0 Å². The van der Waals surface area contributed by atoms with Gasteiger partial charge in [0.15, 0.2) is 0 Å². The number of halogens is 3. The molecule has 4 aromatic rings. The summed E-state index contributed by atoms with van der Waals surface area (Å²) in [5.74, 6) is -1.20. The van der Waals surface area contributed by atoms with Gasteiger partial charge in [-0.15, -0.1) is 11.8 Å². The smallest absolute Gasteiger partial charge is 0.272 e. The third-order valence-electron chi connectivity index (χ3n) is 5.96. The molecule has 0 bridgehead atoms. The van der Waals surface area contributed by atoms with Crippen LogP contribution in [0.15, 0.2) is 108 Å². The second kappa shape index (κ2) is 14.9. The molecule has 0 aliphatic rings. The van der Waals surface area contributed by atoms with Crippen LogP contribution in [0, 0.1) is 0 Å². The van der Waals surface area contributed by atoms with Crippen LogP contribution >= 0.6 is 46.6 Å². The second-order valence-corrected chi connectivity index (χ2v) is 11.5. The molecule has 1 unspecified atom stereocenters. The van der Waals surface area contributed by atoms with Gasteiger partial charge in [-0.05, 0) is 79.2 Å². The van der Waals surface area contributed by atoms with Crippen LogP contribution < -0.4 is 16.0 Å². The fourth-order valence-corrected chi connectivity index (χ4v) is 5.47. The maximum Gasteiger partial charge on any atom is 0.272 e. The Morgan fingerprint density at radius 3 is 2.12 bits per heavy atom. The minimum absolute atomic E-state index is 0.0503. The van der Waals surface area contributed by atoms with Gasteiger partial charge in [-0.3, -0.25) is 14.4 Å². The molecule has 214 valence electrons. The molecule has 0 aliphatic carbocycles. The highest BCUT2D eigenvalue weighted by molar-refractivity contribution is 8.00. The van der Waals surface area contributed by atoms with Crippen LogP contribution in [0.1, 0.15) is 29.3 Å². The summed E-state index contributed by atoms with van der Waals surface area (Å²) in [6.07, 6.45) is 2.02. The van der Waals surface area contributed by atoms with Crippen molar-refractivity contribution in [2.24, 2.45) is 0 Å². The normalized spacial score (nSPS) is 11.9. The Morgan fingerprint density at radius 2 is 1.45 bits per heavy atom. The summed E-state index contributed by atoms with van der Waals surface area (Å²) in [5.41, 5.74) is 1.84. The van der Waals surface area contributed by atoms with E-state index in [1.165, 1.54) is 17.8 Å². The van der Waals surface area contributed by atoms with E-state index < -0.39 is 11.8 Å². The molecular weight excluding hydrogens is 613 g/mol. The Kier molecular flexibility index (Phi) is 11.1. The van der Waals surface area contributed by atoms with Crippen molar-refractivity contribution < 1.29 is 14.4 Å². The lowest BCUT2D eigenvalue weighted by Gasteiger charge is -2.16. The van der Waals surface area contributed by atoms with Crippen LogP contribution in [0.5, 0.6) is 0 Å². The Morgan fingerprint density at radius 1 is 0.786 bits per heavy atom. The van der Waals surface area contributed by atoms with Crippen molar-refractivity contribution in [1.29, 1.82) is 0 Å². The Bertz CT molecular complexity index is 1590. The first kappa shape index (κ1) is 31.2. The number of thioether (sulfide) groups is 1. The largest absolute Gasteiger partial charge is 0.325 e. The summed E-state index contributed by atoms with van der Waals surface area (Å²) in [5, 5.41) is 9.27. The third kappa shape index (κ3) is 8.63. The number of rotatable bonds is 10. The van der Waals surface area contributed by atoms with Crippen LogP contribution in [-0.2, 0) is 9.59 Å². The molecule has 0 radical (unpaired) electrons. The lowest BCUT2D eigenvalue weighted by Crippen LogP contribution is -2.30. The number of nitrogens with one attached hydrogen (secondary N) is 3. The van der Waals surface area contributed by atoms with Gasteiger partial charge in [0.05, 0.1) is 5.25 Å². The lowest BCUT2D eigenvalue weighted by atomic mass is 10.1. The molecule has 4 aromatic carbocycles. The predicted octanol–water partition coefficient (Wildman–Crippen LogP) is 8.57. The molecule has 0 saturated carbocycles. The van der Waals surface area contributed by atoms with Gasteiger partial charge in [-0.1, -0.05) is 72.1 Å². The van der Waals surface area contributed by atoms with Crippen LogP contribution in [0.3, 0.4) is 0 Å². The van der Waals surface area contributed by atoms with Crippen LogP contribution in [-0.4, -0.2) is 23.0 Å². The van der Waals surface area contributed by atoms with Gasteiger partial charge < -0.3 is 16.0 Å². The van der Waals surface area contributed by atoms with Crippen molar-refractivity contribution in [2.75, 3.05) is 10.6 Å². The zero-order chi connectivity index (χ0) is 30.1. The highest BCUT2D eigenvalue weighted by Gasteiger charge is 2.20. The van der Waals surface area contributed by atoms with Gasteiger partial charge in [-0.25, -0.2) is 0 Å². The summed E-state index contributed by atoms with van der Waals surface area (Å²) < 4.78 is 0. The molecule has 42 heavy (non-hydrogen) atoms. The van der Waals surface area contributed by atoms with Crippen molar-refractivity contribution in [3.8, 4) is 0 Å². The average Bonchev–Trinajstić information content (AvgIpc) is 2.99. The van der Waals surface area contributed by atoms with E-state index in [4.69, 9.17) is 34.8 Å². The Labute approximate surface area is 263 Å². The number of anilines is 2. The SMILES string of the molecule is CCC(Sc1cccc(NC(=O)/C(=C\c2c(Cl)cccc2Cl)NC(=O)c2ccccc2)c1)C(=O)Nc1ccc(Cl)cc1. The molecule has 0 aliphatic heterocycles. The Balaban J connectivity index is 1.53. The van der Waals surface area contributed by atoms with Gasteiger partial charge in [0.2, 0.25) is 5.91 Å². The van der Waals surface area contributed by atoms with Crippen LogP contribution in [0.2, 0.25) is 15.1 Å². The number of benzene rings is 4. The number of hydrogen-bond donors (Lipinski definition) is 3. The zero-order valence-corrected chi connectivity index (χ0v) is 25.5.